The number of carbonyl (C=O) groups excluding carboxylic acids is 2. The summed E-state index contributed by atoms with van der Waals surface area (Å²) in [6.45, 7) is 5.14. The topological polar surface area (TPSA) is 66.7 Å². The highest BCUT2D eigenvalue weighted by Crippen LogP contribution is 2.28. The van der Waals surface area contributed by atoms with Gasteiger partial charge in [0, 0.05) is 37.1 Å². The number of likely N-dealkylation sites (N-methyl/N-ethyl adjacent to an activating group) is 1. The van der Waals surface area contributed by atoms with E-state index in [0.29, 0.717) is 31.2 Å². The van der Waals surface area contributed by atoms with Crippen LogP contribution in [0.25, 0.3) is 0 Å². The summed E-state index contributed by atoms with van der Waals surface area (Å²) in [5, 5.41) is 7.82. The highest BCUT2D eigenvalue weighted by atomic mass is 32.1. The second kappa shape index (κ2) is 10.3. The number of carbonyl (C=O) groups is 2. The molecule has 0 radical (unpaired) electrons. The van der Waals surface area contributed by atoms with Crippen LogP contribution in [0.1, 0.15) is 45.8 Å². The zero-order chi connectivity index (χ0) is 23.4. The number of likely N-dealkylation sites (tertiary alicyclic amines) is 1. The zero-order valence-electron chi connectivity index (χ0n) is 19.5. The lowest BCUT2D eigenvalue weighted by atomic mass is 9.84. The van der Waals surface area contributed by atoms with Gasteiger partial charge in [-0.15, -0.1) is 0 Å². The van der Waals surface area contributed by atoms with Crippen LogP contribution >= 0.6 is 11.3 Å². The van der Waals surface area contributed by atoms with Gasteiger partial charge in [0.1, 0.15) is 5.76 Å². The molecule has 1 atom stereocenters. The van der Waals surface area contributed by atoms with Crippen LogP contribution in [0.4, 0.5) is 0 Å². The van der Waals surface area contributed by atoms with Crippen LogP contribution in [0.2, 0.25) is 0 Å². The summed E-state index contributed by atoms with van der Waals surface area (Å²) < 4.78 is 5.21. The molecule has 0 unspecified atom stereocenters. The molecule has 0 spiro atoms. The lowest BCUT2D eigenvalue weighted by Crippen LogP contribution is -2.48. The molecular formula is C26H31N3O3S. The quantitative estimate of drug-likeness (QED) is 0.515. The van der Waals surface area contributed by atoms with Gasteiger partial charge in [0.25, 0.3) is 5.91 Å². The lowest BCUT2D eigenvalue weighted by molar-refractivity contribution is -0.132. The fourth-order valence-corrected chi connectivity index (χ4v) is 5.40. The van der Waals surface area contributed by atoms with E-state index in [4.69, 9.17) is 4.52 Å². The zero-order valence-corrected chi connectivity index (χ0v) is 20.3. The standard InChI is InChI=1S/C26H31N3O3S/c1-18-23(19(2)32-27-18)16-25(30)29-12-9-21(10-13-29)24(15-20-7-5-4-6-8-20)28(3)26(31)22-11-14-33-17-22/h4-8,11,14,17,21,24H,9-10,12-13,15-16H2,1-3H3/t24-/m1/s1. The van der Waals surface area contributed by atoms with E-state index in [1.807, 2.05) is 65.7 Å². The fraction of sp³-hybridized carbons (Fsp3) is 0.423. The Morgan fingerprint density at radius 2 is 1.91 bits per heavy atom. The van der Waals surface area contributed by atoms with Crippen molar-refractivity contribution in [2.45, 2.75) is 45.6 Å². The Morgan fingerprint density at radius 3 is 2.52 bits per heavy atom. The van der Waals surface area contributed by atoms with Crippen molar-refractivity contribution < 1.29 is 14.1 Å². The van der Waals surface area contributed by atoms with Crippen molar-refractivity contribution in [2.75, 3.05) is 20.1 Å². The van der Waals surface area contributed by atoms with Crippen molar-refractivity contribution in [1.82, 2.24) is 15.0 Å². The van der Waals surface area contributed by atoms with Gasteiger partial charge in [-0.1, -0.05) is 35.5 Å². The molecule has 33 heavy (non-hydrogen) atoms. The number of rotatable bonds is 7. The van der Waals surface area contributed by atoms with E-state index < -0.39 is 0 Å². The minimum Gasteiger partial charge on any atom is -0.361 e. The number of thiophene rings is 1. The highest BCUT2D eigenvalue weighted by Gasteiger charge is 2.33. The largest absolute Gasteiger partial charge is 0.361 e. The average molecular weight is 466 g/mol. The van der Waals surface area contributed by atoms with Crippen molar-refractivity contribution in [2.24, 2.45) is 5.92 Å². The minimum absolute atomic E-state index is 0.0640. The van der Waals surface area contributed by atoms with Gasteiger partial charge in [-0.3, -0.25) is 9.59 Å². The number of aromatic nitrogens is 1. The number of hydrogen-bond donors (Lipinski definition) is 0. The Morgan fingerprint density at radius 1 is 1.18 bits per heavy atom. The highest BCUT2D eigenvalue weighted by molar-refractivity contribution is 7.08. The van der Waals surface area contributed by atoms with Crippen LogP contribution in [-0.2, 0) is 17.6 Å². The first-order chi connectivity index (χ1) is 15.9. The van der Waals surface area contributed by atoms with Gasteiger partial charge in [-0.05, 0) is 56.0 Å². The van der Waals surface area contributed by atoms with E-state index in [1.165, 1.54) is 5.56 Å². The second-order valence-electron chi connectivity index (χ2n) is 8.88. The number of nitrogens with zero attached hydrogens (tertiary/aromatic N) is 3. The Hall–Kier alpha value is -2.93. The van der Waals surface area contributed by atoms with Crippen LogP contribution < -0.4 is 0 Å². The number of aryl methyl sites for hydroxylation is 2. The predicted octanol–water partition coefficient (Wildman–Crippen LogP) is 4.52. The maximum absolute atomic E-state index is 13.1. The van der Waals surface area contributed by atoms with Gasteiger partial charge in [0.05, 0.1) is 17.7 Å². The number of amides is 2. The monoisotopic (exact) mass is 465 g/mol. The first kappa shape index (κ1) is 23.2. The van der Waals surface area contributed by atoms with E-state index in [2.05, 4.69) is 17.3 Å². The molecule has 0 bridgehead atoms. The molecule has 0 N–H and O–H groups in total. The summed E-state index contributed by atoms with van der Waals surface area (Å²) in [5.74, 6) is 1.23. The molecule has 1 saturated heterocycles. The first-order valence-corrected chi connectivity index (χ1v) is 12.4. The Kier molecular flexibility index (Phi) is 7.28. The maximum atomic E-state index is 13.1. The third-order valence-corrected chi connectivity index (χ3v) is 7.50. The number of piperidine rings is 1. The Balaban J connectivity index is 1.44. The summed E-state index contributed by atoms with van der Waals surface area (Å²) >= 11 is 1.54. The SMILES string of the molecule is Cc1noc(C)c1CC(=O)N1CCC([C@@H](Cc2ccccc2)N(C)C(=O)c2ccsc2)CC1. The lowest BCUT2D eigenvalue weighted by Gasteiger charge is -2.40. The number of benzene rings is 1. The predicted molar refractivity (Wildman–Crippen MR) is 129 cm³/mol. The molecule has 0 saturated carbocycles. The molecule has 1 fully saturated rings. The van der Waals surface area contributed by atoms with Gasteiger partial charge >= 0.3 is 0 Å². The van der Waals surface area contributed by atoms with E-state index in [9.17, 15) is 9.59 Å². The Bertz CT molecular complexity index is 1050. The molecule has 3 heterocycles. The van der Waals surface area contributed by atoms with Crippen LogP contribution in [0.3, 0.4) is 0 Å². The van der Waals surface area contributed by atoms with Crippen LogP contribution in [0, 0.1) is 19.8 Å². The smallest absolute Gasteiger partial charge is 0.254 e. The van der Waals surface area contributed by atoms with Crippen molar-refractivity contribution in [3.63, 3.8) is 0 Å². The van der Waals surface area contributed by atoms with Gasteiger partial charge < -0.3 is 14.3 Å². The summed E-state index contributed by atoms with van der Waals surface area (Å²) in [7, 11) is 1.92. The average Bonchev–Trinajstić information content (AvgIpc) is 3.49. The molecule has 3 aromatic rings. The van der Waals surface area contributed by atoms with Crippen LogP contribution in [-0.4, -0.2) is 52.9 Å². The van der Waals surface area contributed by atoms with E-state index in [-0.39, 0.29) is 17.9 Å². The molecule has 0 aliphatic carbocycles. The third-order valence-electron chi connectivity index (χ3n) is 6.82. The molecule has 1 aromatic carbocycles. The molecule has 4 rings (SSSR count). The van der Waals surface area contributed by atoms with E-state index in [1.54, 1.807) is 11.3 Å². The summed E-state index contributed by atoms with van der Waals surface area (Å²) in [5.41, 5.74) is 3.65. The molecule has 174 valence electrons. The summed E-state index contributed by atoms with van der Waals surface area (Å²) in [6.07, 6.45) is 2.90. The van der Waals surface area contributed by atoms with Gasteiger partial charge in [0.15, 0.2) is 0 Å². The molecule has 1 aliphatic heterocycles. The van der Waals surface area contributed by atoms with Crippen molar-refractivity contribution in [3.05, 3.63) is 75.3 Å². The van der Waals surface area contributed by atoms with Crippen molar-refractivity contribution >= 4 is 23.2 Å². The van der Waals surface area contributed by atoms with Crippen LogP contribution in [0.15, 0.2) is 51.7 Å². The maximum Gasteiger partial charge on any atom is 0.254 e. The third kappa shape index (κ3) is 5.36. The second-order valence-corrected chi connectivity index (χ2v) is 9.66. The van der Waals surface area contributed by atoms with Gasteiger partial charge in [-0.25, -0.2) is 0 Å². The van der Waals surface area contributed by atoms with Crippen molar-refractivity contribution in [1.29, 1.82) is 0 Å². The Labute approximate surface area is 199 Å². The first-order valence-electron chi connectivity index (χ1n) is 11.5. The molecule has 2 aromatic heterocycles. The van der Waals surface area contributed by atoms with E-state index in [0.717, 1.165) is 36.1 Å². The fourth-order valence-electron chi connectivity index (χ4n) is 4.77. The summed E-state index contributed by atoms with van der Waals surface area (Å²) in [4.78, 5) is 29.9. The molecular weight excluding hydrogens is 434 g/mol. The van der Waals surface area contributed by atoms with Gasteiger partial charge in [-0.2, -0.15) is 11.3 Å². The molecule has 6 nitrogen and oxygen atoms in total. The number of hydrogen-bond acceptors (Lipinski definition) is 5. The van der Waals surface area contributed by atoms with E-state index >= 15 is 0 Å². The molecule has 2 amide bonds. The summed E-state index contributed by atoms with van der Waals surface area (Å²) in [6, 6.07) is 12.3. The molecule has 7 heteroatoms. The van der Waals surface area contributed by atoms with Crippen LogP contribution in [0.5, 0.6) is 0 Å². The normalized spacial score (nSPS) is 15.4. The van der Waals surface area contributed by atoms with Crippen molar-refractivity contribution in [3.8, 4) is 0 Å². The molecule has 1 aliphatic rings. The minimum atomic E-state index is 0.0640. The van der Waals surface area contributed by atoms with Gasteiger partial charge in [0.2, 0.25) is 5.91 Å².